The van der Waals surface area contributed by atoms with Crippen LogP contribution in [0.25, 0.3) is 0 Å². The van der Waals surface area contributed by atoms with Crippen LogP contribution in [0.2, 0.25) is 0 Å². The minimum atomic E-state index is -0.816. The van der Waals surface area contributed by atoms with E-state index in [9.17, 15) is 9.59 Å². The van der Waals surface area contributed by atoms with Crippen LogP contribution in [0, 0.1) is 0 Å². The first-order valence-corrected chi connectivity index (χ1v) is 9.21. The van der Waals surface area contributed by atoms with Crippen molar-refractivity contribution < 1.29 is 29.3 Å². The van der Waals surface area contributed by atoms with E-state index in [1.54, 1.807) is 0 Å². The Morgan fingerprint density at radius 3 is 2.42 bits per heavy atom. The molecule has 1 aromatic carbocycles. The zero-order valence-electron chi connectivity index (χ0n) is 15.5. The van der Waals surface area contributed by atoms with E-state index < -0.39 is 5.97 Å². The Morgan fingerprint density at radius 2 is 1.73 bits per heavy atom. The number of esters is 1. The molecule has 1 aromatic rings. The normalized spacial score (nSPS) is 10.5. The molecule has 0 amide bonds. The van der Waals surface area contributed by atoms with Crippen molar-refractivity contribution >= 4 is 11.9 Å². The third kappa shape index (κ3) is 9.42. The van der Waals surface area contributed by atoms with Gasteiger partial charge in [-0.1, -0.05) is 18.9 Å². The van der Waals surface area contributed by atoms with Crippen LogP contribution in [0.15, 0.2) is 18.2 Å². The minimum absolute atomic E-state index is 0.0866. The van der Waals surface area contributed by atoms with Gasteiger partial charge in [-0.25, -0.2) is 0 Å². The van der Waals surface area contributed by atoms with Gasteiger partial charge in [0.05, 0.1) is 13.7 Å². The summed E-state index contributed by atoms with van der Waals surface area (Å²) in [5.41, 5.74) is 2.15. The van der Waals surface area contributed by atoms with E-state index in [0.29, 0.717) is 31.6 Å². The van der Waals surface area contributed by atoms with Crippen molar-refractivity contribution in [3.8, 4) is 5.75 Å². The summed E-state index contributed by atoms with van der Waals surface area (Å²) >= 11 is 0. The smallest absolute Gasteiger partial charge is 0.305 e. The molecule has 0 saturated heterocycles. The van der Waals surface area contributed by atoms with Gasteiger partial charge >= 0.3 is 11.9 Å². The second-order valence-electron chi connectivity index (χ2n) is 6.24. The van der Waals surface area contributed by atoms with Crippen molar-refractivity contribution in [3.63, 3.8) is 0 Å². The van der Waals surface area contributed by atoms with Gasteiger partial charge in [0.1, 0.15) is 5.75 Å². The van der Waals surface area contributed by atoms with Crippen LogP contribution in [0.5, 0.6) is 5.75 Å². The van der Waals surface area contributed by atoms with Gasteiger partial charge in [0.15, 0.2) is 0 Å². The van der Waals surface area contributed by atoms with Gasteiger partial charge in [-0.2, -0.15) is 0 Å². The molecular weight excluding hydrogens is 336 g/mol. The first kappa shape index (κ1) is 22.0. The number of hydrogen-bond acceptors (Lipinski definition) is 5. The zero-order chi connectivity index (χ0) is 19.2. The number of benzene rings is 1. The summed E-state index contributed by atoms with van der Waals surface area (Å²) in [5, 5.41) is 17.8. The fourth-order valence-corrected chi connectivity index (χ4v) is 2.70. The number of aliphatic hydroxyl groups is 1. The molecule has 0 aliphatic heterocycles. The molecular formula is C20H30O6. The summed E-state index contributed by atoms with van der Waals surface area (Å²) < 4.78 is 10.3. The lowest BCUT2D eigenvalue weighted by atomic mass is 9.97. The monoisotopic (exact) mass is 366 g/mol. The average Bonchev–Trinajstić information content (AvgIpc) is 2.64. The molecule has 0 atom stereocenters. The molecule has 0 heterocycles. The van der Waals surface area contributed by atoms with Crippen molar-refractivity contribution in [2.24, 2.45) is 0 Å². The van der Waals surface area contributed by atoms with Gasteiger partial charge in [-0.3, -0.25) is 9.59 Å². The van der Waals surface area contributed by atoms with E-state index in [4.69, 9.17) is 14.9 Å². The summed E-state index contributed by atoms with van der Waals surface area (Å²) in [6, 6.07) is 5.80. The lowest BCUT2D eigenvalue weighted by Gasteiger charge is -2.12. The Bertz CT molecular complexity index is 555. The number of carbonyl (C=O) groups is 2. The molecule has 0 aliphatic rings. The summed E-state index contributed by atoms with van der Waals surface area (Å²) in [4.78, 5) is 22.0. The maximum absolute atomic E-state index is 11.1. The van der Waals surface area contributed by atoms with Gasteiger partial charge in [0, 0.05) is 19.4 Å². The van der Waals surface area contributed by atoms with E-state index in [-0.39, 0.29) is 19.0 Å². The lowest BCUT2D eigenvalue weighted by Crippen LogP contribution is -2.05. The first-order valence-electron chi connectivity index (χ1n) is 9.21. The SMILES string of the molecule is COC(=O)CCCOc1ccc(CCCCCCO)c(CCC(=O)O)c1. The predicted molar refractivity (Wildman–Crippen MR) is 98.4 cm³/mol. The van der Waals surface area contributed by atoms with Crippen LogP contribution >= 0.6 is 0 Å². The summed E-state index contributed by atoms with van der Waals surface area (Å²) in [6.07, 6.45) is 6.22. The average molecular weight is 366 g/mol. The van der Waals surface area contributed by atoms with Gasteiger partial charge in [0.2, 0.25) is 0 Å². The number of aryl methyl sites for hydroxylation is 2. The molecule has 0 aliphatic carbocycles. The molecule has 0 saturated carbocycles. The second-order valence-corrected chi connectivity index (χ2v) is 6.24. The minimum Gasteiger partial charge on any atom is -0.494 e. The van der Waals surface area contributed by atoms with Gasteiger partial charge in [0.25, 0.3) is 0 Å². The number of rotatable bonds is 14. The standard InChI is InChI=1S/C20H30O6/c1-25-20(24)8-6-14-26-18-11-9-16(7-4-2-3-5-13-21)17(15-18)10-12-19(22)23/h9,11,15,21H,2-8,10,12-14H2,1H3,(H,22,23). The van der Waals surface area contributed by atoms with E-state index in [0.717, 1.165) is 43.2 Å². The van der Waals surface area contributed by atoms with Crippen LogP contribution < -0.4 is 4.74 Å². The highest BCUT2D eigenvalue weighted by Gasteiger charge is 2.08. The van der Waals surface area contributed by atoms with E-state index in [1.807, 2.05) is 18.2 Å². The molecule has 6 nitrogen and oxygen atoms in total. The Labute approximate surface area is 155 Å². The largest absolute Gasteiger partial charge is 0.494 e. The number of unbranched alkanes of at least 4 members (excludes halogenated alkanes) is 3. The van der Waals surface area contributed by atoms with Crippen LogP contribution in [0.4, 0.5) is 0 Å². The Hall–Kier alpha value is -2.08. The number of hydrogen-bond donors (Lipinski definition) is 2. The summed E-state index contributed by atoms with van der Waals surface area (Å²) in [5.74, 6) is -0.380. The number of aliphatic hydroxyl groups excluding tert-OH is 1. The van der Waals surface area contributed by atoms with Crippen molar-refractivity contribution in [1.29, 1.82) is 0 Å². The number of methoxy groups -OCH3 is 1. The number of carbonyl (C=O) groups excluding carboxylic acids is 1. The highest BCUT2D eigenvalue weighted by atomic mass is 16.5. The number of carboxylic acid groups (broad SMARTS) is 1. The predicted octanol–water partition coefficient (Wildman–Crippen LogP) is 3.13. The van der Waals surface area contributed by atoms with Gasteiger partial charge in [-0.15, -0.1) is 0 Å². The van der Waals surface area contributed by atoms with Crippen LogP contribution in [0.3, 0.4) is 0 Å². The molecule has 26 heavy (non-hydrogen) atoms. The Balaban J connectivity index is 2.59. The number of carboxylic acids is 1. The second kappa shape index (κ2) is 13.2. The maximum atomic E-state index is 11.1. The fraction of sp³-hybridized carbons (Fsp3) is 0.600. The van der Waals surface area contributed by atoms with Crippen LogP contribution in [0.1, 0.15) is 56.1 Å². The highest BCUT2D eigenvalue weighted by molar-refractivity contribution is 5.69. The van der Waals surface area contributed by atoms with Crippen molar-refractivity contribution in [2.45, 2.75) is 57.8 Å². The van der Waals surface area contributed by atoms with Crippen molar-refractivity contribution in [1.82, 2.24) is 0 Å². The maximum Gasteiger partial charge on any atom is 0.305 e. The molecule has 0 radical (unpaired) electrons. The van der Waals surface area contributed by atoms with Crippen LogP contribution in [-0.2, 0) is 27.2 Å². The number of aliphatic carboxylic acids is 1. The molecule has 6 heteroatoms. The molecule has 0 fully saturated rings. The van der Waals surface area contributed by atoms with Crippen molar-refractivity contribution in [3.05, 3.63) is 29.3 Å². The molecule has 0 unspecified atom stereocenters. The van der Waals surface area contributed by atoms with Gasteiger partial charge < -0.3 is 19.7 Å². The summed E-state index contributed by atoms with van der Waals surface area (Å²) in [6.45, 7) is 0.639. The zero-order valence-corrected chi connectivity index (χ0v) is 15.5. The quantitative estimate of drug-likeness (QED) is 0.388. The molecule has 0 bridgehead atoms. The molecule has 0 aromatic heterocycles. The third-order valence-electron chi connectivity index (χ3n) is 4.16. The number of ether oxygens (including phenoxy) is 2. The first-order chi connectivity index (χ1) is 12.6. The molecule has 1 rings (SSSR count). The van der Waals surface area contributed by atoms with Crippen LogP contribution in [-0.4, -0.2) is 42.5 Å². The third-order valence-corrected chi connectivity index (χ3v) is 4.16. The molecule has 0 spiro atoms. The van der Waals surface area contributed by atoms with Gasteiger partial charge in [-0.05, 0) is 55.4 Å². The fourth-order valence-electron chi connectivity index (χ4n) is 2.70. The molecule has 2 N–H and O–H groups in total. The molecule has 146 valence electrons. The highest BCUT2D eigenvalue weighted by Crippen LogP contribution is 2.22. The van der Waals surface area contributed by atoms with E-state index in [1.165, 1.54) is 7.11 Å². The topological polar surface area (TPSA) is 93.1 Å². The Morgan fingerprint density at radius 1 is 0.962 bits per heavy atom. The lowest BCUT2D eigenvalue weighted by molar-refractivity contribution is -0.141. The van der Waals surface area contributed by atoms with E-state index in [2.05, 4.69) is 4.74 Å². The summed E-state index contributed by atoms with van der Waals surface area (Å²) in [7, 11) is 1.36. The Kier molecular flexibility index (Phi) is 11.1. The van der Waals surface area contributed by atoms with E-state index >= 15 is 0 Å². The van der Waals surface area contributed by atoms with Crippen molar-refractivity contribution in [2.75, 3.05) is 20.3 Å².